The molecule has 0 aliphatic heterocycles. The molecule has 19 heavy (non-hydrogen) atoms. The molecule has 0 aromatic heterocycles. The first kappa shape index (κ1) is 13.4. The number of aliphatic hydroxyl groups excluding tert-OH is 1. The molecule has 2 rings (SSSR count). The van der Waals surface area contributed by atoms with Crippen LogP contribution in [-0.4, -0.2) is 23.3 Å². The molecular formula is C15H18N2O2. The molecule has 1 aliphatic rings. The average molecular weight is 258 g/mol. The number of hydrogen-bond donors (Lipinski definition) is 3. The van der Waals surface area contributed by atoms with Gasteiger partial charge in [-0.15, -0.1) is 6.42 Å². The lowest BCUT2D eigenvalue weighted by Crippen LogP contribution is -2.52. The normalized spacial score (nSPS) is 17.1. The van der Waals surface area contributed by atoms with E-state index in [4.69, 9.17) is 6.42 Å². The van der Waals surface area contributed by atoms with Gasteiger partial charge in [-0.05, 0) is 43.9 Å². The first-order valence-electron chi connectivity index (χ1n) is 6.34. The summed E-state index contributed by atoms with van der Waals surface area (Å²) in [5.74, 6) is 2.88. The van der Waals surface area contributed by atoms with Gasteiger partial charge in [0.25, 0.3) is 0 Å². The lowest BCUT2D eigenvalue weighted by Gasteiger charge is -2.28. The quantitative estimate of drug-likeness (QED) is 0.723. The molecule has 3 N–H and O–H groups in total. The smallest absolute Gasteiger partial charge is 0.319 e. The van der Waals surface area contributed by atoms with E-state index in [2.05, 4.69) is 16.6 Å². The summed E-state index contributed by atoms with van der Waals surface area (Å²) in [7, 11) is 0. The molecule has 4 heteroatoms. The zero-order chi connectivity index (χ0) is 13.9. The van der Waals surface area contributed by atoms with E-state index in [1.165, 1.54) is 0 Å². The molecule has 1 aliphatic carbocycles. The SMILES string of the molecule is C#Cc1cccc(NC(=O)NC(C)(CO)C2CC2)c1. The predicted octanol–water partition coefficient (Wildman–Crippen LogP) is 1.95. The predicted molar refractivity (Wildman–Crippen MR) is 74.7 cm³/mol. The number of carbonyl (C=O) groups excluding carboxylic acids is 1. The number of carbonyl (C=O) groups is 1. The highest BCUT2D eigenvalue weighted by molar-refractivity contribution is 5.90. The second-order valence-corrected chi connectivity index (χ2v) is 5.15. The van der Waals surface area contributed by atoms with Gasteiger partial charge in [0.15, 0.2) is 0 Å². The minimum absolute atomic E-state index is 0.0600. The first-order valence-corrected chi connectivity index (χ1v) is 6.34. The van der Waals surface area contributed by atoms with Crippen LogP contribution in [0.3, 0.4) is 0 Å². The second-order valence-electron chi connectivity index (χ2n) is 5.15. The molecule has 0 heterocycles. The van der Waals surface area contributed by atoms with E-state index in [0.29, 0.717) is 17.2 Å². The van der Waals surface area contributed by atoms with Gasteiger partial charge in [-0.1, -0.05) is 12.0 Å². The Kier molecular flexibility index (Phi) is 3.77. The summed E-state index contributed by atoms with van der Waals surface area (Å²) < 4.78 is 0. The number of nitrogens with one attached hydrogen (secondary N) is 2. The van der Waals surface area contributed by atoms with Gasteiger partial charge in [-0.3, -0.25) is 0 Å². The number of hydrogen-bond acceptors (Lipinski definition) is 2. The summed E-state index contributed by atoms with van der Waals surface area (Å²) in [5, 5.41) is 15.0. The van der Waals surface area contributed by atoms with Crippen LogP contribution in [0.25, 0.3) is 0 Å². The lowest BCUT2D eigenvalue weighted by molar-refractivity contribution is 0.159. The van der Waals surface area contributed by atoms with Crippen LogP contribution in [0.4, 0.5) is 10.5 Å². The number of terminal acetylenes is 1. The van der Waals surface area contributed by atoms with E-state index < -0.39 is 5.54 Å². The molecule has 0 bridgehead atoms. The standard InChI is InChI=1S/C15H18N2O2/c1-3-11-5-4-6-13(9-11)16-14(19)17-15(2,10-18)12-7-8-12/h1,4-6,9,12,18H,7-8,10H2,2H3,(H2,16,17,19). The Balaban J connectivity index is 1.99. The molecule has 0 radical (unpaired) electrons. The summed E-state index contributed by atoms with van der Waals surface area (Å²) in [5.41, 5.74) is 0.808. The number of amides is 2. The third-order valence-corrected chi connectivity index (χ3v) is 3.49. The van der Waals surface area contributed by atoms with Crippen molar-refractivity contribution >= 4 is 11.7 Å². The molecule has 1 fully saturated rings. The topological polar surface area (TPSA) is 61.4 Å². The molecule has 1 aromatic rings. The minimum atomic E-state index is -0.548. The lowest BCUT2D eigenvalue weighted by atomic mass is 9.97. The van der Waals surface area contributed by atoms with Crippen LogP contribution < -0.4 is 10.6 Å². The summed E-state index contributed by atoms with van der Waals surface area (Å²) in [6, 6.07) is 6.76. The number of anilines is 1. The van der Waals surface area contributed by atoms with E-state index in [1.54, 1.807) is 24.3 Å². The van der Waals surface area contributed by atoms with Gasteiger partial charge in [0.1, 0.15) is 0 Å². The highest BCUT2D eigenvalue weighted by atomic mass is 16.3. The molecule has 2 amide bonds. The molecule has 100 valence electrons. The van der Waals surface area contributed by atoms with Crippen molar-refractivity contribution in [1.29, 1.82) is 0 Å². The van der Waals surface area contributed by atoms with Gasteiger partial charge in [0.2, 0.25) is 0 Å². The van der Waals surface area contributed by atoms with Crippen LogP contribution in [0, 0.1) is 18.3 Å². The van der Waals surface area contributed by atoms with Crippen molar-refractivity contribution in [1.82, 2.24) is 5.32 Å². The van der Waals surface area contributed by atoms with Crippen molar-refractivity contribution < 1.29 is 9.90 Å². The van der Waals surface area contributed by atoms with Crippen LogP contribution in [0.5, 0.6) is 0 Å². The number of urea groups is 1. The summed E-state index contributed by atoms with van der Waals surface area (Å²) >= 11 is 0. The monoisotopic (exact) mass is 258 g/mol. The summed E-state index contributed by atoms with van der Waals surface area (Å²) in [6.07, 6.45) is 7.40. The van der Waals surface area contributed by atoms with Crippen molar-refractivity contribution in [3.05, 3.63) is 29.8 Å². The summed E-state index contributed by atoms with van der Waals surface area (Å²) in [4.78, 5) is 11.9. The fourth-order valence-corrected chi connectivity index (χ4v) is 2.10. The van der Waals surface area contributed by atoms with E-state index in [0.717, 1.165) is 12.8 Å². The highest BCUT2D eigenvalue weighted by Crippen LogP contribution is 2.39. The van der Waals surface area contributed by atoms with Crippen molar-refractivity contribution in [2.75, 3.05) is 11.9 Å². The van der Waals surface area contributed by atoms with Gasteiger partial charge in [-0.2, -0.15) is 0 Å². The Morgan fingerprint density at radius 3 is 2.89 bits per heavy atom. The van der Waals surface area contributed by atoms with E-state index in [-0.39, 0.29) is 12.6 Å². The molecule has 1 atom stereocenters. The third kappa shape index (κ3) is 3.27. The van der Waals surface area contributed by atoms with Gasteiger partial charge in [0.05, 0.1) is 12.1 Å². The molecule has 1 unspecified atom stereocenters. The van der Waals surface area contributed by atoms with Gasteiger partial charge in [-0.25, -0.2) is 4.79 Å². The fourth-order valence-electron chi connectivity index (χ4n) is 2.10. The highest BCUT2D eigenvalue weighted by Gasteiger charge is 2.42. The van der Waals surface area contributed by atoms with Gasteiger partial charge < -0.3 is 15.7 Å². The zero-order valence-corrected chi connectivity index (χ0v) is 10.9. The van der Waals surface area contributed by atoms with Crippen molar-refractivity contribution in [2.24, 2.45) is 5.92 Å². The maximum absolute atomic E-state index is 11.9. The first-order chi connectivity index (χ1) is 9.07. The fraction of sp³-hybridized carbons (Fsp3) is 0.400. The van der Waals surface area contributed by atoms with Gasteiger partial charge >= 0.3 is 6.03 Å². The Morgan fingerprint density at radius 1 is 1.58 bits per heavy atom. The Bertz CT molecular complexity index is 517. The second kappa shape index (κ2) is 5.33. The van der Waals surface area contributed by atoms with Crippen molar-refractivity contribution in [2.45, 2.75) is 25.3 Å². The number of benzene rings is 1. The van der Waals surface area contributed by atoms with E-state index in [9.17, 15) is 9.90 Å². The van der Waals surface area contributed by atoms with Crippen LogP contribution in [0.1, 0.15) is 25.3 Å². The van der Waals surface area contributed by atoms with Gasteiger partial charge in [0, 0.05) is 11.3 Å². The van der Waals surface area contributed by atoms with Crippen LogP contribution >= 0.6 is 0 Å². The van der Waals surface area contributed by atoms with Crippen molar-refractivity contribution in [3.8, 4) is 12.3 Å². The average Bonchev–Trinajstić information content (AvgIpc) is 3.23. The minimum Gasteiger partial charge on any atom is -0.394 e. The maximum atomic E-state index is 11.9. The Labute approximate surface area is 113 Å². The molecule has 4 nitrogen and oxygen atoms in total. The summed E-state index contributed by atoms with van der Waals surface area (Å²) in [6.45, 7) is 1.80. The molecule has 0 spiro atoms. The van der Waals surface area contributed by atoms with Crippen LogP contribution in [0.2, 0.25) is 0 Å². The van der Waals surface area contributed by atoms with E-state index in [1.807, 2.05) is 6.92 Å². The Hall–Kier alpha value is -1.99. The van der Waals surface area contributed by atoms with Crippen LogP contribution in [0.15, 0.2) is 24.3 Å². The van der Waals surface area contributed by atoms with Crippen LogP contribution in [-0.2, 0) is 0 Å². The third-order valence-electron chi connectivity index (χ3n) is 3.49. The van der Waals surface area contributed by atoms with E-state index >= 15 is 0 Å². The zero-order valence-electron chi connectivity index (χ0n) is 10.9. The Morgan fingerprint density at radius 2 is 2.32 bits per heavy atom. The molecule has 0 saturated heterocycles. The number of aliphatic hydroxyl groups is 1. The molecule has 1 saturated carbocycles. The largest absolute Gasteiger partial charge is 0.394 e. The maximum Gasteiger partial charge on any atom is 0.319 e. The molecule has 1 aromatic carbocycles. The van der Waals surface area contributed by atoms with Crippen molar-refractivity contribution in [3.63, 3.8) is 0 Å². The molecular weight excluding hydrogens is 240 g/mol. The number of rotatable bonds is 4.